The quantitative estimate of drug-likeness (QED) is 0.0320. The van der Waals surface area contributed by atoms with Gasteiger partial charge >= 0.3 is 5.97 Å². The maximum Gasteiger partial charge on any atom is 0.305 e. The number of carbonyl (C=O) groups excluding carboxylic acids is 2. The molecule has 84 heavy (non-hydrogen) atoms. The lowest BCUT2D eigenvalue weighted by molar-refractivity contribution is -0.143. The third-order valence-corrected chi connectivity index (χ3v) is 17.6. The molecule has 1 amide bonds. The van der Waals surface area contributed by atoms with Crippen LogP contribution in [0, 0.1) is 0 Å². The van der Waals surface area contributed by atoms with Crippen LogP contribution in [0.5, 0.6) is 0 Å². The molecule has 0 aromatic carbocycles. The highest BCUT2D eigenvalue weighted by molar-refractivity contribution is 5.76. The summed E-state index contributed by atoms with van der Waals surface area (Å²) in [5.41, 5.74) is 0. The van der Waals surface area contributed by atoms with Gasteiger partial charge in [0.2, 0.25) is 5.91 Å². The number of carbonyl (C=O) groups is 2. The van der Waals surface area contributed by atoms with Crippen LogP contribution in [-0.4, -0.2) is 47.4 Å². The third kappa shape index (κ3) is 68.9. The molecule has 0 spiro atoms. The maximum absolute atomic E-state index is 12.5. The molecular formula is C78H147NO5. The average molecular weight is 1180 g/mol. The van der Waals surface area contributed by atoms with Gasteiger partial charge in [0.1, 0.15) is 0 Å². The Bertz CT molecular complexity index is 1400. The lowest BCUT2D eigenvalue weighted by Crippen LogP contribution is -2.45. The molecule has 0 radical (unpaired) electrons. The van der Waals surface area contributed by atoms with Gasteiger partial charge in [0.15, 0.2) is 0 Å². The summed E-state index contributed by atoms with van der Waals surface area (Å²) in [6.07, 6.45) is 96.4. The van der Waals surface area contributed by atoms with E-state index in [2.05, 4.69) is 55.6 Å². The Morgan fingerprint density at radius 3 is 0.940 bits per heavy atom. The molecule has 0 aromatic rings. The monoisotopic (exact) mass is 1180 g/mol. The Kier molecular flexibility index (Phi) is 71.4. The smallest absolute Gasteiger partial charge is 0.305 e. The molecule has 0 aliphatic carbocycles. The number of ether oxygens (including phenoxy) is 1. The zero-order chi connectivity index (χ0) is 60.6. The Morgan fingerprint density at radius 2 is 0.595 bits per heavy atom. The van der Waals surface area contributed by atoms with Gasteiger partial charge in [-0.25, -0.2) is 0 Å². The van der Waals surface area contributed by atoms with Gasteiger partial charge in [0, 0.05) is 12.8 Å². The number of nitrogens with one attached hydrogen (secondary N) is 1. The standard InChI is InChI=1S/C78H147NO5/c1-3-5-7-9-11-13-15-17-19-38-42-46-50-54-58-62-66-70-76(81)75(74-80)79-77(82)71-67-63-59-55-51-47-43-40-36-34-32-30-28-26-24-22-21-23-25-27-29-31-33-35-37-41-45-49-53-57-61-65-69-73-84-78(83)72-68-64-60-56-52-48-44-39-20-18-16-14-12-10-8-6-4-2/h12,14,18,20,25,27,66,70,75-76,80-81H,3-11,13,15-17,19,21-24,26,28-65,67-69,71-74H2,1-2H3,(H,79,82)/b14-12-,20-18-,27-25-,70-66+. The van der Waals surface area contributed by atoms with Crippen molar-refractivity contribution in [3.63, 3.8) is 0 Å². The Balaban J connectivity index is 3.36. The van der Waals surface area contributed by atoms with Crippen LogP contribution in [0.1, 0.15) is 412 Å². The first-order valence-electron chi connectivity index (χ1n) is 37.9. The van der Waals surface area contributed by atoms with Crippen LogP contribution >= 0.6 is 0 Å². The first-order valence-corrected chi connectivity index (χ1v) is 37.9. The fraction of sp³-hybridized carbons (Fsp3) is 0.872. The van der Waals surface area contributed by atoms with E-state index in [1.807, 2.05) is 6.08 Å². The minimum atomic E-state index is -0.843. The number of allylic oxidation sites excluding steroid dienone is 7. The van der Waals surface area contributed by atoms with Gasteiger partial charge in [0.25, 0.3) is 0 Å². The lowest BCUT2D eigenvalue weighted by Gasteiger charge is -2.20. The number of aliphatic hydroxyl groups is 2. The van der Waals surface area contributed by atoms with Crippen molar-refractivity contribution in [2.24, 2.45) is 0 Å². The molecule has 494 valence electrons. The van der Waals surface area contributed by atoms with E-state index in [1.165, 1.54) is 334 Å². The zero-order valence-electron chi connectivity index (χ0n) is 56.6. The van der Waals surface area contributed by atoms with Crippen molar-refractivity contribution in [1.82, 2.24) is 5.32 Å². The Hall–Kier alpha value is -2.18. The molecular weight excluding hydrogens is 1030 g/mol. The summed E-state index contributed by atoms with van der Waals surface area (Å²) in [5.74, 6) is -0.0511. The van der Waals surface area contributed by atoms with Gasteiger partial charge in [-0.05, 0) is 89.9 Å². The highest BCUT2D eigenvalue weighted by Crippen LogP contribution is 2.19. The summed E-state index contributed by atoms with van der Waals surface area (Å²) in [4.78, 5) is 24.6. The van der Waals surface area contributed by atoms with E-state index in [9.17, 15) is 19.8 Å². The van der Waals surface area contributed by atoms with E-state index in [0.29, 0.717) is 19.4 Å². The number of amides is 1. The summed E-state index contributed by atoms with van der Waals surface area (Å²) >= 11 is 0. The van der Waals surface area contributed by atoms with Crippen molar-refractivity contribution < 1.29 is 24.5 Å². The minimum absolute atomic E-state index is 0.0109. The minimum Gasteiger partial charge on any atom is -0.466 e. The Labute approximate surface area is 525 Å². The number of esters is 1. The number of unbranched alkanes of at least 4 members (excludes halogenated alkanes) is 54. The lowest BCUT2D eigenvalue weighted by atomic mass is 10.0. The predicted molar refractivity (Wildman–Crippen MR) is 370 cm³/mol. The van der Waals surface area contributed by atoms with Crippen molar-refractivity contribution in [3.8, 4) is 0 Å². The largest absolute Gasteiger partial charge is 0.466 e. The number of hydrogen-bond donors (Lipinski definition) is 3. The molecule has 3 N–H and O–H groups in total. The second-order valence-electron chi connectivity index (χ2n) is 26.0. The van der Waals surface area contributed by atoms with E-state index in [4.69, 9.17) is 4.74 Å². The van der Waals surface area contributed by atoms with E-state index < -0.39 is 12.1 Å². The van der Waals surface area contributed by atoms with Crippen LogP contribution in [0.4, 0.5) is 0 Å². The van der Waals surface area contributed by atoms with Gasteiger partial charge in [-0.1, -0.05) is 358 Å². The second-order valence-corrected chi connectivity index (χ2v) is 26.0. The summed E-state index contributed by atoms with van der Waals surface area (Å²) in [5, 5.41) is 23.2. The van der Waals surface area contributed by atoms with Crippen molar-refractivity contribution >= 4 is 11.9 Å². The summed E-state index contributed by atoms with van der Waals surface area (Å²) < 4.78 is 5.50. The SMILES string of the molecule is CCCCC/C=C\C/C=C\CCCCCCCCCC(=O)OCCCCCCCCCCCCCC/C=C\CCCCCCCCCCCCCCCCCCCC(=O)NC(CO)C(O)/C=C/CCCCCCCCCCCCCCCCC. The molecule has 2 atom stereocenters. The van der Waals surface area contributed by atoms with E-state index in [1.54, 1.807) is 6.08 Å². The number of aliphatic hydroxyl groups excluding tert-OH is 2. The van der Waals surface area contributed by atoms with Crippen molar-refractivity contribution in [1.29, 1.82) is 0 Å². The third-order valence-electron chi connectivity index (χ3n) is 17.6. The van der Waals surface area contributed by atoms with Gasteiger partial charge < -0.3 is 20.3 Å². The van der Waals surface area contributed by atoms with Gasteiger partial charge in [0.05, 0.1) is 25.4 Å². The fourth-order valence-electron chi connectivity index (χ4n) is 11.8. The van der Waals surface area contributed by atoms with Gasteiger partial charge in [-0.15, -0.1) is 0 Å². The van der Waals surface area contributed by atoms with Crippen LogP contribution in [0.2, 0.25) is 0 Å². The molecule has 0 aliphatic rings. The molecule has 6 nitrogen and oxygen atoms in total. The number of rotatable bonds is 71. The summed E-state index contributed by atoms with van der Waals surface area (Å²) in [7, 11) is 0. The van der Waals surface area contributed by atoms with Crippen molar-refractivity contribution in [3.05, 3.63) is 48.6 Å². The Morgan fingerprint density at radius 1 is 0.333 bits per heavy atom. The second kappa shape index (κ2) is 73.3. The molecule has 0 saturated heterocycles. The fourth-order valence-corrected chi connectivity index (χ4v) is 11.8. The van der Waals surface area contributed by atoms with Crippen LogP contribution < -0.4 is 5.32 Å². The van der Waals surface area contributed by atoms with E-state index in [0.717, 1.165) is 51.4 Å². The summed E-state index contributed by atoms with van der Waals surface area (Å²) in [6.45, 7) is 4.91. The molecule has 0 aliphatic heterocycles. The zero-order valence-corrected chi connectivity index (χ0v) is 56.6. The van der Waals surface area contributed by atoms with Crippen molar-refractivity contribution in [2.75, 3.05) is 13.2 Å². The van der Waals surface area contributed by atoms with Gasteiger partial charge in [-0.2, -0.15) is 0 Å². The van der Waals surface area contributed by atoms with Crippen LogP contribution in [0.15, 0.2) is 48.6 Å². The van der Waals surface area contributed by atoms with Crippen LogP contribution in [0.3, 0.4) is 0 Å². The first kappa shape index (κ1) is 81.8. The number of hydrogen-bond acceptors (Lipinski definition) is 5. The topological polar surface area (TPSA) is 95.9 Å². The van der Waals surface area contributed by atoms with E-state index >= 15 is 0 Å². The average Bonchev–Trinajstić information content (AvgIpc) is 3.51. The molecule has 6 heteroatoms. The van der Waals surface area contributed by atoms with E-state index in [-0.39, 0.29) is 18.5 Å². The van der Waals surface area contributed by atoms with Gasteiger partial charge in [-0.3, -0.25) is 9.59 Å². The molecule has 0 bridgehead atoms. The molecule has 2 unspecified atom stereocenters. The first-order chi connectivity index (χ1) is 41.5. The highest BCUT2D eigenvalue weighted by Gasteiger charge is 2.18. The predicted octanol–water partition coefficient (Wildman–Crippen LogP) is 24.8. The molecule has 0 aromatic heterocycles. The highest BCUT2D eigenvalue weighted by atomic mass is 16.5. The normalized spacial score (nSPS) is 12.8. The van der Waals surface area contributed by atoms with Crippen molar-refractivity contribution in [2.45, 2.75) is 424 Å². The molecule has 0 heterocycles. The maximum atomic E-state index is 12.5. The summed E-state index contributed by atoms with van der Waals surface area (Å²) in [6, 6.07) is -0.626. The molecule has 0 saturated carbocycles. The molecule has 0 fully saturated rings. The van der Waals surface area contributed by atoms with Crippen LogP contribution in [0.25, 0.3) is 0 Å². The molecule has 0 rings (SSSR count). The van der Waals surface area contributed by atoms with Crippen LogP contribution in [-0.2, 0) is 14.3 Å².